The molecule has 0 aromatic rings. The van der Waals surface area contributed by atoms with Crippen LogP contribution in [0.5, 0.6) is 0 Å². The summed E-state index contributed by atoms with van der Waals surface area (Å²) in [5, 5.41) is 1.42. The van der Waals surface area contributed by atoms with Crippen LogP contribution in [0.3, 0.4) is 0 Å². The average Bonchev–Trinajstić information content (AvgIpc) is 2.07. The van der Waals surface area contributed by atoms with Crippen LogP contribution in [-0.2, 0) is 9.63 Å². The zero-order valence-corrected chi connectivity index (χ0v) is 6.75. The van der Waals surface area contributed by atoms with Crippen molar-refractivity contribution in [2.24, 2.45) is 0 Å². The average molecular weight is 155 g/mol. The SMILES string of the molecule is C/C=C/C(=O)N1CCCCO1. The number of hydroxylamine groups is 2. The van der Waals surface area contributed by atoms with Crippen molar-refractivity contribution in [3.8, 4) is 0 Å². The van der Waals surface area contributed by atoms with Crippen LogP contribution in [0.25, 0.3) is 0 Å². The molecule has 0 aromatic carbocycles. The standard InChI is InChI=1S/C8H13NO2/c1-2-5-8(10)9-6-3-4-7-11-9/h2,5H,3-4,6-7H2,1H3/b5-2+. The molecule has 1 rings (SSSR count). The first kappa shape index (κ1) is 8.27. The molecule has 0 N–H and O–H groups in total. The monoisotopic (exact) mass is 155 g/mol. The summed E-state index contributed by atoms with van der Waals surface area (Å²) >= 11 is 0. The van der Waals surface area contributed by atoms with Crippen molar-refractivity contribution in [3.05, 3.63) is 12.2 Å². The molecule has 0 bridgehead atoms. The van der Waals surface area contributed by atoms with Crippen LogP contribution in [0, 0.1) is 0 Å². The highest BCUT2D eigenvalue weighted by molar-refractivity contribution is 5.86. The lowest BCUT2D eigenvalue weighted by atomic mass is 10.3. The van der Waals surface area contributed by atoms with E-state index in [1.54, 1.807) is 6.08 Å². The number of hydrogen-bond acceptors (Lipinski definition) is 2. The zero-order valence-electron chi connectivity index (χ0n) is 6.75. The van der Waals surface area contributed by atoms with Crippen molar-refractivity contribution in [2.75, 3.05) is 13.2 Å². The van der Waals surface area contributed by atoms with Crippen molar-refractivity contribution >= 4 is 5.91 Å². The molecule has 0 saturated carbocycles. The van der Waals surface area contributed by atoms with Gasteiger partial charge in [-0.05, 0) is 19.8 Å². The highest BCUT2D eigenvalue weighted by Crippen LogP contribution is 2.05. The van der Waals surface area contributed by atoms with Crippen LogP contribution >= 0.6 is 0 Å². The highest BCUT2D eigenvalue weighted by atomic mass is 16.7. The number of allylic oxidation sites excluding steroid dienone is 1. The van der Waals surface area contributed by atoms with Crippen molar-refractivity contribution in [2.45, 2.75) is 19.8 Å². The normalized spacial score (nSPS) is 19.2. The van der Waals surface area contributed by atoms with Gasteiger partial charge in [-0.1, -0.05) is 6.08 Å². The molecule has 0 aromatic heterocycles. The molecule has 1 aliphatic rings. The van der Waals surface area contributed by atoms with E-state index in [-0.39, 0.29) is 5.91 Å². The van der Waals surface area contributed by atoms with E-state index < -0.39 is 0 Å². The van der Waals surface area contributed by atoms with Gasteiger partial charge in [-0.25, -0.2) is 5.06 Å². The zero-order chi connectivity index (χ0) is 8.10. The summed E-state index contributed by atoms with van der Waals surface area (Å²) in [6, 6.07) is 0. The molecule has 0 unspecified atom stereocenters. The Bertz CT molecular complexity index is 159. The Labute approximate surface area is 66.6 Å². The van der Waals surface area contributed by atoms with Crippen LogP contribution in [0.1, 0.15) is 19.8 Å². The highest BCUT2D eigenvalue weighted by Gasteiger charge is 2.14. The topological polar surface area (TPSA) is 29.5 Å². The smallest absolute Gasteiger partial charge is 0.269 e. The molecule has 1 amide bonds. The fourth-order valence-corrected chi connectivity index (χ4v) is 0.996. The molecule has 62 valence electrons. The van der Waals surface area contributed by atoms with E-state index in [9.17, 15) is 4.79 Å². The van der Waals surface area contributed by atoms with Gasteiger partial charge in [0.1, 0.15) is 0 Å². The van der Waals surface area contributed by atoms with Crippen LogP contribution in [0.2, 0.25) is 0 Å². The Hall–Kier alpha value is -0.830. The summed E-state index contributed by atoms with van der Waals surface area (Å²) in [4.78, 5) is 16.2. The maximum atomic E-state index is 11.1. The Morgan fingerprint density at radius 1 is 1.55 bits per heavy atom. The molecule has 11 heavy (non-hydrogen) atoms. The first-order valence-corrected chi connectivity index (χ1v) is 3.91. The maximum Gasteiger partial charge on any atom is 0.269 e. The van der Waals surface area contributed by atoms with Gasteiger partial charge in [-0.2, -0.15) is 0 Å². The number of amides is 1. The molecule has 1 aliphatic heterocycles. The van der Waals surface area contributed by atoms with E-state index in [4.69, 9.17) is 4.84 Å². The summed E-state index contributed by atoms with van der Waals surface area (Å²) in [5.74, 6) is -0.0489. The van der Waals surface area contributed by atoms with Crippen molar-refractivity contribution < 1.29 is 9.63 Å². The largest absolute Gasteiger partial charge is 0.271 e. The lowest BCUT2D eigenvalue weighted by Gasteiger charge is -2.24. The van der Waals surface area contributed by atoms with Gasteiger partial charge in [0.05, 0.1) is 6.61 Å². The lowest BCUT2D eigenvalue weighted by molar-refractivity contribution is -0.191. The predicted octanol–water partition coefficient (Wildman–Crippen LogP) is 1.12. The van der Waals surface area contributed by atoms with Gasteiger partial charge in [-0.3, -0.25) is 9.63 Å². The second-order valence-corrected chi connectivity index (χ2v) is 2.48. The molecule has 0 aliphatic carbocycles. The number of carbonyl (C=O) groups is 1. The number of rotatable bonds is 1. The summed E-state index contributed by atoms with van der Waals surface area (Å²) in [6.45, 7) is 3.22. The molecule has 0 atom stereocenters. The molecular formula is C8H13NO2. The van der Waals surface area contributed by atoms with Crippen molar-refractivity contribution in [1.29, 1.82) is 0 Å². The van der Waals surface area contributed by atoms with Crippen LogP contribution in [-0.4, -0.2) is 24.1 Å². The van der Waals surface area contributed by atoms with Gasteiger partial charge >= 0.3 is 0 Å². The first-order chi connectivity index (χ1) is 5.34. The Kier molecular flexibility index (Phi) is 3.11. The van der Waals surface area contributed by atoms with E-state index in [2.05, 4.69) is 0 Å². The van der Waals surface area contributed by atoms with Gasteiger partial charge in [0.15, 0.2) is 0 Å². The fraction of sp³-hybridized carbons (Fsp3) is 0.625. The van der Waals surface area contributed by atoms with Crippen LogP contribution < -0.4 is 0 Å². The Morgan fingerprint density at radius 2 is 2.36 bits per heavy atom. The molecule has 0 radical (unpaired) electrons. The number of carbonyl (C=O) groups excluding carboxylic acids is 1. The minimum Gasteiger partial charge on any atom is -0.271 e. The van der Waals surface area contributed by atoms with E-state index in [1.807, 2.05) is 6.92 Å². The van der Waals surface area contributed by atoms with Crippen LogP contribution in [0.4, 0.5) is 0 Å². The van der Waals surface area contributed by atoms with E-state index in [0.29, 0.717) is 6.61 Å². The molecule has 3 nitrogen and oxygen atoms in total. The van der Waals surface area contributed by atoms with Gasteiger partial charge in [0, 0.05) is 12.6 Å². The molecule has 1 saturated heterocycles. The van der Waals surface area contributed by atoms with E-state index >= 15 is 0 Å². The molecule has 1 heterocycles. The summed E-state index contributed by atoms with van der Waals surface area (Å²) in [7, 11) is 0. The minimum absolute atomic E-state index is 0.0489. The number of nitrogens with zero attached hydrogens (tertiary/aromatic N) is 1. The maximum absolute atomic E-state index is 11.1. The fourth-order valence-electron chi connectivity index (χ4n) is 0.996. The molecule has 3 heteroatoms. The van der Waals surface area contributed by atoms with Crippen LogP contribution in [0.15, 0.2) is 12.2 Å². The third-order valence-electron chi connectivity index (χ3n) is 1.56. The predicted molar refractivity (Wildman–Crippen MR) is 41.7 cm³/mol. The Morgan fingerprint density at radius 3 is 2.91 bits per heavy atom. The summed E-state index contributed by atoms with van der Waals surface area (Å²) in [6.07, 6.45) is 5.34. The molecule has 0 spiro atoms. The first-order valence-electron chi connectivity index (χ1n) is 3.91. The summed E-state index contributed by atoms with van der Waals surface area (Å²) in [5.41, 5.74) is 0. The van der Waals surface area contributed by atoms with Gasteiger partial charge in [0.2, 0.25) is 0 Å². The molecular weight excluding hydrogens is 142 g/mol. The van der Waals surface area contributed by atoms with Gasteiger partial charge < -0.3 is 0 Å². The summed E-state index contributed by atoms with van der Waals surface area (Å²) < 4.78 is 0. The quantitative estimate of drug-likeness (QED) is 0.531. The van der Waals surface area contributed by atoms with Gasteiger partial charge in [-0.15, -0.1) is 0 Å². The van der Waals surface area contributed by atoms with E-state index in [0.717, 1.165) is 19.4 Å². The van der Waals surface area contributed by atoms with Gasteiger partial charge in [0.25, 0.3) is 5.91 Å². The molecule has 1 fully saturated rings. The minimum atomic E-state index is -0.0489. The van der Waals surface area contributed by atoms with E-state index in [1.165, 1.54) is 11.1 Å². The second-order valence-electron chi connectivity index (χ2n) is 2.48. The number of hydrogen-bond donors (Lipinski definition) is 0. The third-order valence-corrected chi connectivity index (χ3v) is 1.56. The second kappa shape index (κ2) is 4.13. The Balaban J connectivity index is 2.38. The van der Waals surface area contributed by atoms with Crippen molar-refractivity contribution in [1.82, 2.24) is 5.06 Å². The third kappa shape index (κ3) is 2.35. The van der Waals surface area contributed by atoms with Crippen molar-refractivity contribution in [3.63, 3.8) is 0 Å². The lowest BCUT2D eigenvalue weighted by Crippen LogP contribution is -2.34.